The van der Waals surface area contributed by atoms with Crippen molar-refractivity contribution in [2.24, 2.45) is 0 Å². The van der Waals surface area contributed by atoms with E-state index in [1.165, 1.54) is 113 Å². The molecule has 63 heavy (non-hydrogen) atoms. The van der Waals surface area contributed by atoms with Crippen molar-refractivity contribution in [2.75, 3.05) is 9.80 Å². The second-order valence-electron chi connectivity index (χ2n) is 17.4. The van der Waals surface area contributed by atoms with Gasteiger partial charge in [0.1, 0.15) is 0 Å². The van der Waals surface area contributed by atoms with Crippen LogP contribution in [0.5, 0.6) is 0 Å². The lowest BCUT2D eigenvalue weighted by molar-refractivity contribution is 0.764. The number of allylic oxidation sites excluding steroid dienone is 4. The lowest BCUT2D eigenvalue weighted by Crippen LogP contribution is -2.39. The number of para-hydroxylation sites is 1. The topological polar surface area (TPSA) is 6.48 Å². The quantitative estimate of drug-likeness (QED) is 0.154. The molecule has 3 heteroatoms. The molecule has 1 atom stereocenters. The van der Waals surface area contributed by atoms with Crippen LogP contribution in [0.15, 0.2) is 188 Å². The van der Waals surface area contributed by atoms with Crippen LogP contribution in [0.3, 0.4) is 0 Å². The number of hydrogen-bond acceptors (Lipinski definition) is 3. The molecule has 0 bridgehead atoms. The molecule has 3 aliphatic carbocycles. The summed E-state index contributed by atoms with van der Waals surface area (Å²) in [4.78, 5) is 5.08. The molecule has 0 radical (unpaired) electrons. The van der Waals surface area contributed by atoms with E-state index in [9.17, 15) is 0 Å². The van der Waals surface area contributed by atoms with E-state index in [1.54, 1.807) is 0 Å². The van der Waals surface area contributed by atoms with E-state index in [1.807, 2.05) is 11.3 Å². The fraction of sp³-hybridized carbons (Fsp3) is 0.100. The van der Waals surface area contributed by atoms with E-state index in [0.717, 1.165) is 32.1 Å². The zero-order valence-electron chi connectivity index (χ0n) is 35.0. The Kier molecular flexibility index (Phi) is 8.52. The molecule has 1 heterocycles. The minimum absolute atomic E-state index is 0.149. The van der Waals surface area contributed by atoms with E-state index in [0.29, 0.717) is 0 Å². The highest BCUT2D eigenvalue weighted by atomic mass is 32.1. The summed E-state index contributed by atoms with van der Waals surface area (Å²) in [5.41, 5.74) is 9.04. The lowest BCUT2D eigenvalue weighted by atomic mass is 9.86. The average Bonchev–Trinajstić information content (AvgIpc) is 3.74. The van der Waals surface area contributed by atoms with Crippen molar-refractivity contribution in [3.8, 4) is 0 Å². The van der Waals surface area contributed by atoms with E-state index >= 15 is 0 Å². The third-order valence-corrected chi connectivity index (χ3v) is 15.0. The van der Waals surface area contributed by atoms with Crippen LogP contribution in [0.2, 0.25) is 0 Å². The Labute approximate surface area is 370 Å². The van der Waals surface area contributed by atoms with Crippen molar-refractivity contribution in [3.05, 3.63) is 209 Å². The highest BCUT2D eigenvalue weighted by molar-refractivity contribution is 7.26. The van der Waals surface area contributed by atoms with Crippen molar-refractivity contribution in [1.29, 1.82) is 0 Å². The van der Waals surface area contributed by atoms with Gasteiger partial charge in [-0.05, 0) is 151 Å². The first-order valence-corrected chi connectivity index (χ1v) is 23.3. The van der Waals surface area contributed by atoms with Crippen molar-refractivity contribution in [1.82, 2.24) is 0 Å². The number of benzene rings is 9. The van der Waals surface area contributed by atoms with E-state index in [4.69, 9.17) is 0 Å². The van der Waals surface area contributed by atoms with Crippen LogP contribution in [0, 0.1) is 0 Å². The molecule has 0 spiro atoms. The zero-order valence-corrected chi connectivity index (χ0v) is 35.8. The Morgan fingerprint density at radius 1 is 0.508 bits per heavy atom. The molecule has 3 aliphatic rings. The maximum absolute atomic E-state index is 2.57. The van der Waals surface area contributed by atoms with Crippen LogP contribution in [-0.2, 0) is 6.42 Å². The Balaban J connectivity index is 0.958. The van der Waals surface area contributed by atoms with Gasteiger partial charge in [-0.3, -0.25) is 0 Å². The molecule has 300 valence electrons. The molecule has 1 unspecified atom stereocenters. The predicted molar refractivity (Wildman–Crippen MR) is 273 cm³/mol. The second-order valence-corrected chi connectivity index (χ2v) is 18.4. The molecule has 1 aromatic heterocycles. The van der Waals surface area contributed by atoms with Crippen molar-refractivity contribution < 1.29 is 0 Å². The van der Waals surface area contributed by atoms with Crippen LogP contribution in [0.25, 0.3) is 81.5 Å². The monoisotopic (exact) mass is 824 g/mol. The normalized spacial score (nSPS) is 15.7. The van der Waals surface area contributed by atoms with Crippen molar-refractivity contribution >= 4 is 116 Å². The molecule has 0 aliphatic heterocycles. The third kappa shape index (κ3) is 5.98. The largest absolute Gasteiger partial charge is 0.334 e. The van der Waals surface area contributed by atoms with Gasteiger partial charge < -0.3 is 9.80 Å². The Bertz CT molecular complexity index is 3740. The summed E-state index contributed by atoms with van der Waals surface area (Å²) in [6, 6.07) is 59.0. The Morgan fingerprint density at radius 3 is 1.86 bits per heavy atom. The first-order valence-electron chi connectivity index (χ1n) is 22.5. The average molecular weight is 825 g/mol. The highest BCUT2D eigenvalue weighted by Crippen LogP contribution is 2.43. The third-order valence-electron chi connectivity index (χ3n) is 13.8. The lowest BCUT2D eigenvalue weighted by Gasteiger charge is -2.35. The molecule has 0 N–H and O–H groups in total. The van der Waals surface area contributed by atoms with Crippen molar-refractivity contribution in [2.45, 2.75) is 38.1 Å². The highest BCUT2D eigenvalue weighted by Gasteiger charge is 2.27. The minimum Gasteiger partial charge on any atom is -0.334 e. The van der Waals surface area contributed by atoms with E-state index in [-0.39, 0.29) is 6.04 Å². The zero-order chi connectivity index (χ0) is 41.4. The standard InChI is InChI=1S/C60H44N2S/c1-3-15-43(16-4-1)61(45-29-27-41-25-23-39-13-7-9-19-49(39)55(41)35-45)47-31-33-53-57(37-47)51-21-11-12-22-52(51)59-54-34-32-48(38-58(54)63-60(53)59)62(44-17-5-2-6-18-44)46-30-28-42-26-24-40-14-8-10-20-50(40)56(42)36-46/h1-5,7-10,13-17,19-36,38,47H,6,11-12,18,37H2. The van der Waals surface area contributed by atoms with Crippen LogP contribution in [-0.4, -0.2) is 6.04 Å². The van der Waals surface area contributed by atoms with Crippen molar-refractivity contribution in [3.63, 3.8) is 0 Å². The molecule has 0 saturated carbocycles. The molecule has 0 fully saturated rings. The van der Waals surface area contributed by atoms with Gasteiger partial charge in [0.25, 0.3) is 0 Å². The molecule has 9 aromatic carbocycles. The molecule has 2 nitrogen and oxygen atoms in total. The molecular formula is C60H44N2S. The van der Waals surface area contributed by atoms with Crippen LogP contribution in [0.4, 0.5) is 22.7 Å². The minimum atomic E-state index is 0.149. The fourth-order valence-electron chi connectivity index (χ4n) is 10.9. The van der Waals surface area contributed by atoms with Gasteiger partial charge in [0, 0.05) is 48.6 Å². The Hall–Kier alpha value is -7.20. The first kappa shape index (κ1) is 36.5. The molecule has 10 aromatic rings. The molecule has 0 amide bonds. The van der Waals surface area contributed by atoms with Gasteiger partial charge in [-0.1, -0.05) is 146 Å². The summed E-state index contributed by atoms with van der Waals surface area (Å²) in [6.45, 7) is 0. The van der Waals surface area contributed by atoms with E-state index < -0.39 is 0 Å². The summed E-state index contributed by atoms with van der Waals surface area (Å²) < 4.78 is 2.74. The second kappa shape index (κ2) is 14.7. The van der Waals surface area contributed by atoms with E-state index in [2.05, 4.69) is 210 Å². The number of hydrogen-bond donors (Lipinski definition) is 0. The summed E-state index contributed by atoms with van der Waals surface area (Å²) >= 11 is 1.97. The summed E-state index contributed by atoms with van der Waals surface area (Å²) in [6.07, 6.45) is 21.9. The van der Waals surface area contributed by atoms with Crippen LogP contribution >= 0.6 is 11.3 Å². The van der Waals surface area contributed by atoms with Crippen LogP contribution < -0.4 is 20.2 Å². The van der Waals surface area contributed by atoms with Gasteiger partial charge in [-0.25, -0.2) is 0 Å². The molecule has 0 saturated heterocycles. The number of anilines is 4. The van der Waals surface area contributed by atoms with Gasteiger partial charge in [0.15, 0.2) is 0 Å². The van der Waals surface area contributed by atoms with Gasteiger partial charge in [0.05, 0.1) is 6.04 Å². The fourth-order valence-corrected chi connectivity index (χ4v) is 12.2. The smallest absolute Gasteiger partial charge is 0.0566 e. The number of thiophene rings is 1. The number of nitrogens with zero attached hydrogens (tertiary/aromatic N) is 2. The first-order chi connectivity index (χ1) is 31.2. The van der Waals surface area contributed by atoms with Gasteiger partial charge >= 0.3 is 0 Å². The SMILES string of the molecule is C1=CCCC(N(c2ccc3c(c2)sc2c4c(c5c(c23)=CCCC=5)CC(N(c2ccccc2)c2ccc3ccc5ccccc5c3c2)C=C4)c2ccc3ccc4ccccc4c3c2)=C1. The molecule has 13 rings (SSSR count). The predicted octanol–water partition coefficient (Wildman–Crippen LogP) is 15.2. The summed E-state index contributed by atoms with van der Waals surface area (Å²) in [5.74, 6) is 0. The van der Waals surface area contributed by atoms with Gasteiger partial charge in [0.2, 0.25) is 0 Å². The van der Waals surface area contributed by atoms with Crippen LogP contribution in [0.1, 0.15) is 36.8 Å². The van der Waals surface area contributed by atoms with Gasteiger partial charge in [-0.2, -0.15) is 0 Å². The summed E-state index contributed by atoms with van der Waals surface area (Å²) in [5, 5.41) is 15.9. The van der Waals surface area contributed by atoms with Gasteiger partial charge in [-0.15, -0.1) is 11.3 Å². The number of fused-ring (bicyclic) bond motifs is 14. The molecular weight excluding hydrogens is 781 g/mol. The maximum atomic E-state index is 2.57. The Morgan fingerprint density at radius 2 is 1.13 bits per heavy atom. The number of rotatable bonds is 6. The summed E-state index contributed by atoms with van der Waals surface area (Å²) in [7, 11) is 0. The maximum Gasteiger partial charge on any atom is 0.0566 e.